The van der Waals surface area contributed by atoms with E-state index in [-0.39, 0.29) is 10.6 Å². The van der Waals surface area contributed by atoms with Gasteiger partial charge in [-0.15, -0.1) is 0 Å². The molecule has 0 saturated carbocycles. The molecule has 2 aromatic carbocycles. The van der Waals surface area contributed by atoms with E-state index in [1.807, 2.05) is 0 Å². The smallest absolute Gasteiger partial charge is 0.257 e. The van der Waals surface area contributed by atoms with Crippen molar-refractivity contribution >= 4 is 26.5 Å². The molecule has 1 aliphatic heterocycles. The first kappa shape index (κ1) is 12.3. The number of hydrogen-bond donors (Lipinski definition) is 0. The molecule has 0 bridgehead atoms. The topological polar surface area (TPSA) is 37.4 Å². The zero-order chi connectivity index (χ0) is 13.8. The Morgan fingerprint density at radius 1 is 1.05 bits per heavy atom. The molecule has 7 heteroatoms. The van der Waals surface area contributed by atoms with Gasteiger partial charge in [-0.25, -0.2) is 8.42 Å². The molecule has 2 aromatic rings. The van der Waals surface area contributed by atoms with Crippen LogP contribution in [0.5, 0.6) is 0 Å². The van der Waals surface area contributed by atoms with Gasteiger partial charge in [0.05, 0.1) is 10.6 Å². The van der Waals surface area contributed by atoms with Gasteiger partial charge in [0, 0.05) is 5.39 Å². The number of alkyl halides is 3. The third-order valence-electron chi connectivity index (χ3n) is 3.00. The van der Waals surface area contributed by atoms with Crippen molar-refractivity contribution in [3.8, 4) is 0 Å². The summed E-state index contributed by atoms with van der Waals surface area (Å²) in [5, 5.41) is 0.970. The number of hydrogen-bond acceptors (Lipinski definition) is 2. The van der Waals surface area contributed by atoms with Gasteiger partial charge in [-0.1, -0.05) is 24.3 Å². The van der Waals surface area contributed by atoms with Crippen molar-refractivity contribution in [1.29, 1.82) is 0 Å². The van der Waals surface area contributed by atoms with Crippen molar-refractivity contribution in [2.75, 3.05) is 10.8 Å². The molecule has 0 atom stereocenters. The number of halogens is 3. The highest BCUT2D eigenvalue weighted by atomic mass is 32.2. The maximum absolute atomic E-state index is 12.6. The Morgan fingerprint density at radius 2 is 1.68 bits per heavy atom. The third kappa shape index (κ3) is 1.76. The average molecular weight is 287 g/mol. The van der Waals surface area contributed by atoms with Crippen LogP contribution < -0.4 is 4.31 Å². The van der Waals surface area contributed by atoms with Gasteiger partial charge in [-0.3, -0.25) is 4.31 Å². The lowest BCUT2D eigenvalue weighted by Crippen LogP contribution is -2.36. The quantitative estimate of drug-likeness (QED) is 0.808. The van der Waals surface area contributed by atoms with Crippen LogP contribution in [0.25, 0.3) is 10.8 Å². The molecule has 0 amide bonds. The van der Waals surface area contributed by atoms with Gasteiger partial charge in [-0.05, 0) is 17.5 Å². The van der Waals surface area contributed by atoms with Crippen LogP contribution in [0.2, 0.25) is 0 Å². The fraction of sp³-hybridized carbons (Fsp3) is 0.167. The fourth-order valence-electron chi connectivity index (χ4n) is 2.29. The Bertz CT molecular complexity index is 763. The SMILES string of the molecule is O=S1(=O)c2cccc3cccc(c23)N1CC(F)(F)F. The first-order valence-corrected chi connectivity index (χ1v) is 6.86. The summed E-state index contributed by atoms with van der Waals surface area (Å²) in [6.45, 7) is -1.51. The molecule has 3 rings (SSSR count). The zero-order valence-corrected chi connectivity index (χ0v) is 10.3. The highest BCUT2D eigenvalue weighted by Gasteiger charge is 2.42. The van der Waals surface area contributed by atoms with E-state index < -0.39 is 22.7 Å². The van der Waals surface area contributed by atoms with E-state index in [4.69, 9.17) is 0 Å². The van der Waals surface area contributed by atoms with Crippen molar-refractivity contribution in [3.63, 3.8) is 0 Å². The molecule has 0 spiro atoms. The average Bonchev–Trinajstić information content (AvgIpc) is 2.52. The molecule has 0 radical (unpaired) electrons. The van der Waals surface area contributed by atoms with E-state index in [0.717, 1.165) is 0 Å². The van der Waals surface area contributed by atoms with Gasteiger partial charge in [-0.2, -0.15) is 13.2 Å². The van der Waals surface area contributed by atoms with Crippen LogP contribution in [0.4, 0.5) is 18.9 Å². The molecule has 1 aliphatic rings. The van der Waals surface area contributed by atoms with Crippen LogP contribution in [0, 0.1) is 0 Å². The Hall–Kier alpha value is -1.76. The normalized spacial score (nSPS) is 17.1. The van der Waals surface area contributed by atoms with Crippen LogP contribution in [0.3, 0.4) is 0 Å². The van der Waals surface area contributed by atoms with E-state index in [9.17, 15) is 21.6 Å². The van der Waals surface area contributed by atoms with Crippen molar-refractivity contribution in [1.82, 2.24) is 0 Å². The molecule has 1 heterocycles. The van der Waals surface area contributed by atoms with Crippen LogP contribution in [-0.4, -0.2) is 21.1 Å². The summed E-state index contributed by atoms with van der Waals surface area (Å²) in [5.74, 6) is 0. The van der Waals surface area contributed by atoms with Gasteiger partial charge >= 0.3 is 6.18 Å². The molecule has 100 valence electrons. The lowest BCUT2D eigenvalue weighted by molar-refractivity contribution is -0.117. The summed E-state index contributed by atoms with van der Waals surface area (Å²) < 4.78 is 62.4. The number of anilines is 1. The second-order valence-electron chi connectivity index (χ2n) is 4.26. The molecule has 0 saturated heterocycles. The summed E-state index contributed by atoms with van der Waals surface area (Å²) in [6, 6.07) is 9.14. The van der Waals surface area contributed by atoms with Gasteiger partial charge in [0.25, 0.3) is 10.0 Å². The van der Waals surface area contributed by atoms with Crippen molar-refractivity contribution < 1.29 is 21.6 Å². The number of benzene rings is 2. The van der Waals surface area contributed by atoms with Gasteiger partial charge in [0.1, 0.15) is 6.54 Å². The molecule has 0 aromatic heterocycles. The summed E-state index contributed by atoms with van der Waals surface area (Å²) in [7, 11) is -4.12. The van der Waals surface area contributed by atoms with E-state index in [0.29, 0.717) is 15.1 Å². The molecule has 0 aliphatic carbocycles. The van der Waals surface area contributed by atoms with Gasteiger partial charge in [0.15, 0.2) is 0 Å². The summed E-state index contributed by atoms with van der Waals surface area (Å²) in [4.78, 5) is -0.0650. The van der Waals surface area contributed by atoms with Crippen LogP contribution in [0.15, 0.2) is 41.3 Å². The van der Waals surface area contributed by atoms with Crippen LogP contribution in [0.1, 0.15) is 0 Å². The summed E-state index contributed by atoms with van der Waals surface area (Å²) in [5.41, 5.74) is 0.0884. The van der Waals surface area contributed by atoms with Crippen molar-refractivity contribution in [2.24, 2.45) is 0 Å². The highest BCUT2D eigenvalue weighted by Crippen LogP contribution is 2.43. The predicted molar refractivity (Wildman–Crippen MR) is 64.5 cm³/mol. The first-order valence-electron chi connectivity index (χ1n) is 5.42. The molecule has 3 nitrogen and oxygen atoms in total. The minimum absolute atomic E-state index is 0.0650. The van der Waals surface area contributed by atoms with E-state index in [1.165, 1.54) is 18.2 Å². The third-order valence-corrected chi connectivity index (χ3v) is 4.81. The van der Waals surface area contributed by atoms with Crippen molar-refractivity contribution in [3.05, 3.63) is 36.4 Å². The van der Waals surface area contributed by atoms with E-state index in [2.05, 4.69) is 0 Å². The van der Waals surface area contributed by atoms with Gasteiger partial charge < -0.3 is 0 Å². The minimum atomic E-state index is -4.59. The van der Waals surface area contributed by atoms with Crippen LogP contribution in [-0.2, 0) is 10.0 Å². The molecule has 0 N–H and O–H groups in total. The van der Waals surface area contributed by atoms with Crippen molar-refractivity contribution in [2.45, 2.75) is 11.1 Å². The zero-order valence-electron chi connectivity index (χ0n) is 9.48. The molecular weight excluding hydrogens is 279 g/mol. The monoisotopic (exact) mass is 287 g/mol. The Morgan fingerprint density at radius 3 is 2.32 bits per heavy atom. The number of rotatable bonds is 1. The minimum Gasteiger partial charge on any atom is -0.257 e. The first-order chi connectivity index (χ1) is 8.81. The largest absolute Gasteiger partial charge is 0.407 e. The number of nitrogens with zero attached hydrogens (tertiary/aromatic N) is 1. The second-order valence-corrected chi connectivity index (χ2v) is 6.09. The van der Waals surface area contributed by atoms with E-state index in [1.54, 1.807) is 18.2 Å². The molecule has 0 unspecified atom stereocenters. The molecular formula is C12H8F3NO2S. The fourth-order valence-corrected chi connectivity index (χ4v) is 3.99. The Kier molecular flexibility index (Phi) is 2.35. The predicted octanol–water partition coefficient (Wildman–Crippen LogP) is 2.91. The molecule has 19 heavy (non-hydrogen) atoms. The van der Waals surface area contributed by atoms with Gasteiger partial charge in [0.2, 0.25) is 0 Å². The maximum Gasteiger partial charge on any atom is 0.407 e. The standard InChI is InChI=1S/C12H8F3NO2S/c13-12(14,15)7-16-9-5-1-3-8-4-2-6-10(11(8)9)19(16,17)18/h1-6H,7H2. The summed E-state index contributed by atoms with van der Waals surface area (Å²) >= 11 is 0. The second kappa shape index (κ2) is 3.63. The van der Waals surface area contributed by atoms with Crippen LogP contribution >= 0.6 is 0 Å². The lowest BCUT2D eigenvalue weighted by atomic mass is 10.1. The summed E-state index contributed by atoms with van der Waals surface area (Å²) in [6.07, 6.45) is -4.59. The lowest BCUT2D eigenvalue weighted by Gasteiger charge is -2.20. The maximum atomic E-state index is 12.6. The van der Waals surface area contributed by atoms with E-state index >= 15 is 0 Å². The Labute approximate surface area is 107 Å². The Balaban J connectivity index is 2.30. The highest BCUT2D eigenvalue weighted by molar-refractivity contribution is 7.93. The number of sulfonamides is 1. The molecule has 0 fully saturated rings.